The molecule has 0 fully saturated rings. The molecule has 2 aromatic heterocycles. The zero-order valence-corrected chi connectivity index (χ0v) is 15.5. The largest absolute Gasteiger partial charge is 0.414 e. The fraction of sp³-hybridized carbons (Fsp3) is 0.176. The number of hydrogen-bond donors (Lipinski definition) is 2. The lowest BCUT2D eigenvalue weighted by molar-refractivity contribution is -0.113. The molecule has 134 valence electrons. The molecule has 0 aliphatic heterocycles. The Morgan fingerprint density at radius 3 is 2.88 bits per heavy atom. The van der Waals surface area contributed by atoms with Crippen LogP contribution in [0.1, 0.15) is 21.1 Å². The van der Waals surface area contributed by atoms with E-state index in [1.54, 1.807) is 6.07 Å². The second-order valence-electron chi connectivity index (χ2n) is 5.33. The van der Waals surface area contributed by atoms with E-state index < -0.39 is 0 Å². The zero-order valence-electron chi connectivity index (χ0n) is 13.9. The Morgan fingerprint density at radius 2 is 2.12 bits per heavy atom. The number of rotatable bonds is 7. The van der Waals surface area contributed by atoms with E-state index in [2.05, 4.69) is 20.8 Å². The predicted octanol–water partition coefficient (Wildman–Crippen LogP) is 3.10. The molecule has 0 saturated heterocycles. The first-order valence-corrected chi connectivity index (χ1v) is 9.60. The molecule has 3 rings (SSSR count). The van der Waals surface area contributed by atoms with Crippen molar-refractivity contribution in [2.45, 2.75) is 18.7 Å². The Morgan fingerprint density at radius 1 is 1.23 bits per heavy atom. The highest BCUT2D eigenvalue weighted by Crippen LogP contribution is 2.17. The quantitative estimate of drug-likeness (QED) is 0.604. The summed E-state index contributed by atoms with van der Waals surface area (Å²) in [7, 11) is 0. The number of benzene rings is 1. The molecule has 1 aromatic carbocycles. The van der Waals surface area contributed by atoms with E-state index in [4.69, 9.17) is 4.42 Å². The molecule has 0 atom stereocenters. The second kappa shape index (κ2) is 8.63. The van der Waals surface area contributed by atoms with Gasteiger partial charge in [-0.15, -0.1) is 21.5 Å². The number of hydrogen-bond acceptors (Lipinski definition) is 7. The summed E-state index contributed by atoms with van der Waals surface area (Å²) in [5.74, 6) is 0.0877. The topological polar surface area (TPSA) is 97.1 Å². The van der Waals surface area contributed by atoms with Crippen LogP contribution in [0.4, 0.5) is 5.69 Å². The lowest BCUT2D eigenvalue weighted by Crippen LogP contribution is -2.21. The van der Waals surface area contributed by atoms with Gasteiger partial charge in [-0.1, -0.05) is 30.0 Å². The summed E-state index contributed by atoms with van der Waals surface area (Å²) in [4.78, 5) is 24.4. The smallest absolute Gasteiger partial charge is 0.277 e. The van der Waals surface area contributed by atoms with Gasteiger partial charge < -0.3 is 15.1 Å². The highest BCUT2D eigenvalue weighted by molar-refractivity contribution is 7.99. The van der Waals surface area contributed by atoms with Gasteiger partial charge in [0, 0.05) is 5.69 Å². The number of nitrogens with zero attached hydrogens (tertiary/aromatic N) is 2. The van der Waals surface area contributed by atoms with Gasteiger partial charge in [0.05, 0.1) is 17.2 Å². The third kappa shape index (κ3) is 5.17. The van der Waals surface area contributed by atoms with Crippen molar-refractivity contribution >= 4 is 40.6 Å². The molecule has 0 unspecified atom stereocenters. The molecule has 0 aliphatic rings. The predicted molar refractivity (Wildman–Crippen MR) is 100 cm³/mol. The average molecular weight is 388 g/mol. The van der Waals surface area contributed by atoms with Crippen LogP contribution >= 0.6 is 23.1 Å². The highest BCUT2D eigenvalue weighted by Gasteiger charge is 2.12. The van der Waals surface area contributed by atoms with Gasteiger partial charge in [-0.2, -0.15) is 0 Å². The van der Waals surface area contributed by atoms with Crippen LogP contribution < -0.4 is 10.6 Å². The molecular formula is C17H16N4O3S2. The molecule has 9 heteroatoms. The van der Waals surface area contributed by atoms with Crippen LogP contribution in [0.15, 0.2) is 51.4 Å². The van der Waals surface area contributed by atoms with Crippen molar-refractivity contribution < 1.29 is 14.0 Å². The average Bonchev–Trinajstić information content (AvgIpc) is 3.30. The molecule has 0 spiro atoms. The van der Waals surface area contributed by atoms with E-state index in [1.165, 1.54) is 11.3 Å². The summed E-state index contributed by atoms with van der Waals surface area (Å²) in [6, 6.07) is 11.1. The van der Waals surface area contributed by atoms with Crippen LogP contribution in [0.2, 0.25) is 0 Å². The SMILES string of the molecule is Cc1cccc(NC(=O)CSc2nnc(CNC(=O)c3cccs3)o2)c1. The number of carbonyl (C=O) groups excluding carboxylic acids is 2. The number of aryl methyl sites for hydroxylation is 1. The summed E-state index contributed by atoms with van der Waals surface area (Å²) in [6.07, 6.45) is 0. The third-order valence-electron chi connectivity index (χ3n) is 3.22. The monoisotopic (exact) mass is 388 g/mol. The van der Waals surface area contributed by atoms with E-state index in [-0.39, 0.29) is 35.2 Å². The van der Waals surface area contributed by atoms with E-state index in [0.29, 0.717) is 4.88 Å². The van der Waals surface area contributed by atoms with E-state index in [9.17, 15) is 9.59 Å². The van der Waals surface area contributed by atoms with Gasteiger partial charge in [0.25, 0.3) is 11.1 Å². The number of thiophene rings is 1. The summed E-state index contributed by atoms with van der Waals surface area (Å²) >= 11 is 2.50. The van der Waals surface area contributed by atoms with Gasteiger partial charge in [-0.05, 0) is 36.1 Å². The molecule has 7 nitrogen and oxygen atoms in total. The van der Waals surface area contributed by atoms with Crippen LogP contribution in [0, 0.1) is 6.92 Å². The maximum atomic E-state index is 12.0. The minimum absolute atomic E-state index is 0.139. The molecule has 2 amide bonds. The minimum atomic E-state index is -0.190. The van der Waals surface area contributed by atoms with Crippen molar-refractivity contribution in [2.75, 3.05) is 11.1 Å². The summed E-state index contributed by atoms with van der Waals surface area (Å²) in [5, 5.41) is 15.4. The fourth-order valence-electron chi connectivity index (χ4n) is 2.07. The summed E-state index contributed by atoms with van der Waals surface area (Å²) in [5.41, 5.74) is 1.82. The molecule has 3 aromatic rings. The minimum Gasteiger partial charge on any atom is -0.414 e. The van der Waals surface area contributed by atoms with Crippen molar-refractivity contribution in [2.24, 2.45) is 0 Å². The Hall–Kier alpha value is -2.65. The van der Waals surface area contributed by atoms with Crippen LogP contribution in [-0.2, 0) is 11.3 Å². The molecule has 2 heterocycles. The molecule has 0 radical (unpaired) electrons. The van der Waals surface area contributed by atoms with Gasteiger partial charge in [-0.3, -0.25) is 9.59 Å². The highest BCUT2D eigenvalue weighted by atomic mass is 32.2. The molecule has 0 saturated carbocycles. The van der Waals surface area contributed by atoms with Gasteiger partial charge in [-0.25, -0.2) is 0 Å². The first kappa shape index (κ1) is 18.2. The Bertz CT molecular complexity index is 893. The first-order valence-electron chi connectivity index (χ1n) is 7.73. The number of thioether (sulfide) groups is 1. The van der Waals surface area contributed by atoms with Crippen molar-refractivity contribution in [3.8, 4) is 0 Å². The van der Waals surface area contributed by atoms with Crippen molar-refractivity contribution in [1.82, 2.24) is 15.5 Å². The van der Waals surface area contributed by atoms with E-state index in [1.807, 2.05) is 42.6 Å². The number of anilines is 1. The number of amides is 2. The molecule has 0 aliphatic carbocycles. The Kier molecular flexibility index (Phi) is 6.03. The zero-order chi connectivity index (χ0) is 18.4. The van der Waals surface area contributed by atoms with Gasteiger partial charge >= 0.3 is 0 Å². The third-order valence-corrected chi connectivity index (χ3v) is 4.91. The molecule has 2 N–H and O–H groups in total. The van der Waals surface area contributed by atoms with Gasteiger partial charge in [0.1, 0.15) is 0 Å². The maximum Gasteiger partial charge on any atom is 0.277 e. The van der Waals surface area contributed by atoms with E-state index >= 15 is 0 Å². The normalized spacial score (nSPS) is 10.5. The first-order chi connectivity index (χ1) is 12.6. The number of carbonyl (C=O) groups is 2. The Balaban J connectivity index is 1.44. The molecular weight excluding hydrogens is 372 g/mol. The van der Waals surface area contributed by atoms with Gasteiger partial charge in [0.15, 0.2) is 0 Å². The second-order valence-corrected chi connectivity index (χ2v) is 7.20. The lowest BCUT2D eigenvalue weighted by Gasteiger charge is -2.04. The van der Waals surface area contributed by atoms with Gasteiger partial charge in [0.2, 0.25) is 11.8 Å². The summed E-state index contributed by atoms with van der Waals surface area (Å²) in [6.45, 7) is 2.10. The van der Waals surface area contributed by atoms with Crippen LogP contribution in [0.25, 0.3) is 0 Å². The molecule has 0 bridgehead atoms. The number of aromatic nitrogens is 2. The lowest BCUT2D eigenvalue weighted by atomic mass is 10.2. The maximum absolute atomic E-state index is 12.0. The van der Waals surface area contributed by atoms with Crippen LogP contribution in [0.5, 0.6) is 0 Å². The number of nitrogens with one attached hydrogen (secondary N) is 2. The van der Waals surface area contributed by atoms with Crippen molar-refractivity contribution in [3.05, 3.63) is 58.1 Å². The van der Waals surface area contributed by atoms with E-state index in [0.717, 1.165) is 23.0 Å². The Labute approximate surface area is 158 Å². The van der Waals surface area contributed by atoms with Crippen molar-refractivity contribution in [3.63, 3.8) is 0 Å². The molecule has 26 heavy (non-hydrogen) atoms. The van der Waals surface area contributed by atoms with Crippen LogP contribution in [0.3, 0.4) is 0 Å². The summed E-state index contributed by atoms with van der Waals surface area (Å²) < 4.78 is 5.42. The standard InChI is InChI=1S/C17H16N4O3S2/c1-11-4-2-5-12(8-11)19-14(22)10-26-17-21-20-15(24-17)9-18-16(23)13-6-3-7-25-13/h2-8H,9-10H2,1H3,(H,18,23)(H,19,22). The fourth-order valence-corrected chi connectivity index (χ4v) is 3.29. The van der Waals surface area contributed by atoms with Crippen LogP contribution in [-0.4, -0.2) is 27.8 Å². The van der Waals surface area contributed by atoms with Crippen molar-refractivity contribution in [1.29, 1.82) is 0 Å².